The molecule has 0 unspecified atom stereocenters. The summed E-state index contributed by atoms with van der Waals surface area (Å²) in [5.74, 6) is 5.51. The summed E-state index contributed by atoms with van der Waals surface area (Å²) in [5.41, 5.74) is 10.6. The third-order valence-electron chi connectivity index (χ3n) is 3.56. The van der Waals surface area contributed by atoms with Gasteiger partial charge >= 0.3 is 0 Å². The summed E-state index contributed by atoms with van der Waals surface area (Å²) in [4.78, 5) is 0. The summed E-state index contributed by atoms with van der Waals surface area (Å²) in [6.45, 7) is 0. The number of amidine groups is 1. The Hall–Kier alpha value is -3.08. The molecule has 3 aromatic rings. The van der Waals surface area contributed by atoms with Crippen molar-refractivity contribution >= 4 is 5.84 Å². The van der Waals surface area contributed by atoms with E-state index in [1.807, 2.05) is 54.2 Å². The highest BCUT2D eigenvalue weighted by molar-refractivity contribution is 5.97. The van der Waals surface area contributed by atoms with Gasteiger partial charge in [-0.1, -0.05) is 54.6 Å². The largest absolute Gasteiger partial charge is 0.382 e. The smallest absolute Gasteiger partial charge is 0.150 e. The fraction of sp³-hybridized carbons (Fsp3) is 0.0588. The van der Waals surface area contributed by atoms with Crippen molar-refractivity contribution in [3.05, 3.63) is 66.2 Å². The molecule has 0 fully saturated rings. The van der Waals surface area contributed by atoms with E-state index in [1.54, 1.807) is 0 Å². The van der Waals surface area contributed by atoms with Crippen molar-refractivity contribution in [2.24, 2.45) is 23.7 Å². The van der Waals surface area contributed by atoms with Gasteiger partial charge in [0.1, 0.15) is 5.84 Å². The molecule has 5 nitrogen and oxygen atoms in total. The predicted molar refractivity (Wildman–Crippen MR) is 89.0 cm³/mol. The van der Waals surface area contributed by atoms with Crippen molar-refractivity contribution in [1.82, 2.24) is 9.78 Å². The second kappa shape index (κ2) is 5.73. The van der Waals surface area contributed by atoms with Gasteiger partial charge < -0.3 is 11.6 Å². The molecular formula is C17H17N5. The van der Waals surface area contributed by atoms with Gasteiger partial charge in [-0.3, -0.25) is 4.68 Å². The van der Waals surface area contributed by atoms with Crippen LogP contribution in [0.5, 0.6) is 0 Å². The molecule has 110 valence electrons. The molecule has 0 atom stereocenters. The zero-order valence-electron chi connectivity index (χ0n) is 12.3. The number of rotatable bonds is 3. The van der Waals surface area contributed by atoms with E-state index in [0.29, 0.717) is 5.84 Å². The minimum atomic E-state index is 0.317. The highest BCUT2D eigenvalue weighted by Gasteiger charge is 2.09. The topological polar surface area (TPSA) is 82.2 Å². The predicted octanol–water partition coefficient (Wildman–Crippen LogP) is 2.33. The molecule has 0 radical (unpaired) electrons. The molecule has 1 heterocycles. The van der Waals surface area contributed by atoms with E-state index in [-0.39, 0.29) is 0 Å². The number of nitrogens with two attached hydrogens (primary N) is 2. The summed E-state index contributed by atoms with van der Waals surface area (Å²) in [5, 5.41) is 8.08. The molecule has 0 saturated heterocycles. The van der Waals surface area contributed by atoms with E-state index in [4.69, 9.17) is 11.6 Å². The van der Waals surface area contributed by atoms with Crippen molar-refractivity contribution in [3.63, 3.8) is 0 Å². The molecule has 0 aliphatic carbocycles. The number of aromatic nitrogens is 2. The highest BCUT2D eigenvalue weighted by Crippen LogP contribution is 2.25. The molecular weight excluding hydrogens is 274 g/mol. The van der Waals surface area contributed by atoms with Gasteiger partial charge in [-0.2, -0.15) is 10.2 Å². The molecule has 5 heteroatoms. The fourth-order valence-corrected chi connectivity index (χ4v) is 2.37. The first-order valence-corrected chi connectivity index (χ1v) is 6.92. The van der Waals surface area contributed by atoms with Crippen molar-refractivity contribution in [3.8, 4) is 22.5 Å². The Labute approximate surface area is 128 Å². The van der Waals surface area contributed by atoms with Gasteiger partial charge in [0.15, 0.2) is 0 Å². The molecule has 0 amide bonds. The Kier molecular flexibility index (Phi) is 3.62. The van der Waals surface area contributed by atoms with Crippen LogP contribution in [0.15, 0.2) is 65.8 Å². The molecule has 2 aromatic carbocycles. The van der Waals surface area contributed by atoms with E-state index in [2.05, 4.69) is 28.4 Å². The molecule has 1 aromatic heterocycles. The quantitative estimate of drug-likeness (QED) is 0.336. The third kappa shape index (κ3) is 2.56. The van der Waals surface area contributed by atoms with Crippen LogP contribution in [0.25, 0.3) is 22.5 Å². The molecule has 0 aliphatic heterocycles. The maximum atomic E-state index is 5.69. The lowest BCUT2D eigenvalue weighted by molar-refractivity contribution is 0.779. The Morgan fingerprint density at radius 3 is 2.32 bits per heavy atom. The number of benzene rings is 2. The highest BCUT2D eigenvalue weighted by atomic mass is 15.3. The molecule has 3 rings (SSSR count). The van der Waals surface area contributed by atoms with Gasteiger partial charge in [-0.15, -0.1) is 0 Å². The Morgan fingerprint density at radius 1 is 1.00 bits per heavy atom. The van der Waals surface area contributed by atoms with E-state index >= 15 is 0 Å². The van der Waals surface area contributed by atoms with Crippen LogP contribution in [-0.4, -0.2) is 15.6 Å². The summed E-state index contributed by atoms with van der Waals surface area (Å²) in [6, 6.07) is 20.0. The summed E-state index contributed by atoms with van der Waals surface area (Å²) < 4.78 is 1.88. The number of hydrazone groups is 1. The lowest BCUT2D eigenvalue weighted by Gasteiger charge is -2.00. The van der Waals surface area contributed by atoms with Crippen molar-refractivity contribution in [1.29, 1.82) is 0 Å². The van der Waals surface area contributed by atoms with Crippen LogP contribution in [0, 0.1) is 0 Å². The second-order valence-electron chi connectivity index (χ2n) is 5.00. The number of hydrogen-bond acceptors (Lipinski definition) is 3. The molecule has 4 N–H and O–H groups in total. The van der Waals surface area contributed by atoms with E-state index in [0.717, 1.165) is 28.1 Å². The van der Waals surface area contributed by atoms with Gasteiger partial charge in [0.25, 0.3) is 0 Å². The van der Waals surface area contributed by atoms with Crippen LogP contribution >= 0.6 is 0 Å². The normalized spacial score (nSPS) is 11.6. The first-order valence-electron chi connectivity index (χ1n) is 6.92. The summed E-state index contributed by atoms with van der Waals surface area (Å²) in [7, 11) is 1.94. The van der Waals surface area contributed by atoms with Gasteiger partial charge in [-0.25, -0.2) is 0 Å². The Morgan fingerprint density at radius 2 is 1.68 bits per heavy atom. The van der Waals surface area contributed by atoms with Crippen LogP contribution in [-0.2, 0) is 7.05 Å². The number of nitrogens with zero attached hydrogens (tertiary/aromatic N) is 3. The van der Waals surface area contributed by atoms with Crippen molar-refractivity contribution in [2.45, 2.75) is 0 Å². The van der Waals surface area contributed by atoms with Crippen LogP contribution in [0.1, 0.15) is 5.56 Å². The number of aryl methyl sites for hydroxylation is 1. The average molecular weight is 291 g/mol. The Balaban J connectivity index is 1.97. The summed E-state index contributed by atoms with van der Waals surface area (Å²) in [6.07, 6.45) is 0. The molecule has 0 aliphatic rings. The third-order valence-corrected chi connectivity index (χ3v) is 3.56. The van der Waals surface area contributed by atoms with Crippen LogP contribution in [0.2, 0.25) is 0 Å². The lowest BCUT2D eigenvalue weighted by Crippen LogP contribution is -2.15. The lowest BCUT2D eigenvalue weighted by atomic mass is 10.1. The van der Waals surface area contributed by atoms with Gasteiger partial charge in [0, 0.05) is 18.2 Å². The van der Waals surface area contributed by atoms with Gasteiger partial charge in [0.05, 0.1) is 11.4 Å². The second-order valence-corrected chi connectivity index (χ2v) is 5.00. The maximum Gasteiger partial charge on any atom is 0.150 e. The number of hydrogen-bond donors (Lipinski definition) is 2. The van der Waals surface area contributed by atoms with Crippen molar-refractivity contribution < 1.29 is 0 Å². The van der Waals surface area contributed by atoms with Crippen LogP contribution in [0.4, 0.5) is 0 Å². The first kappa shape index (κ1) is 13.9. The fourth-order valence-electron chi connectivity index (χ4n) is 2.37. The van der Waals surface area contributed by atoms with Crippen LogP contribution in [0.3, 0.4) is 0 Å². The van der Waals surface area contributed by atoms with E-state index in [1.165, 1.54) is 0 Å². The zero-order valence-corrected chi connectivity index (χ0v) is 12.3. The zero-order chi connectivity index (χ0) is 15.5. The first-order chi connectivity index (χ1) is 10.7. The molecule has 22 heavy (non-hydrogen) atoms. The molecule has 0 spiro atoms. The average Bonchev–Trinajstić information content (AvgIpc) is 2.97. The minimum absolute atomic E-state index is 0.317. The Bertz CT molecular complexity index is 801. The SMILES string of the molecule is Cn1nc(-c2ccc(/C(N)=N/N)cc2)cc1-c1ccccc1. The molecule has 0 bridgehead atoms. The molecule has 0 saturated carbocycles. The van der Waals surface area contributed by atoms with Crippen LogP contribution < -0.4 is 11.6 Å². The van der Waals surface area contributed by atoms with E-state index in [9.17, 15) is 0 Å². The minimum Gasteiger partial charge on any atom is -0.382 e. The van der Waals surface area contributed by atoms with Crippen molar-refractivity contribution in [2.75, 3.05) is 0 Å². The maximum absolute atomic E-state index is 5.69. The van der Waals surface area contributed by atoms with E-state index < -0.39 is 0 Å². The van der Waals surface area contributed by atoms with Gasteiger partial charge in [0.2, 0.25) is 0 Å². The monoisotopic (exact) mass is 291 g/mol. The van der Waals surface area contributed by atoms with Gasteiger partial charge in [-0.05, 0) is 11.6 Å². The summed E-state index contributed by atoms with van der Waals surface area (Å²) >= 11 is 0. The standard InChI is InChI=1S/C17H17N5/c1-22-16(13-5-3-2-4-6-13)11-15(21-22)12-7-9-14(10-8-12)17(18)20-19/h2-11H,19H2,1H3,(H2,18,20).